The van der Waals surface area contributed by atoms with Gasteiger partial charge in [0, 0.05) is 41.3 Å². The van der Waals surface area contributed by atoms with Gasteiger partial charge in [0.05, 0.1) is 12.2 Å². The summed E-state index contributed by atoms with van der Waals surface area (Å²) in [5.41, 5.74) is 1.48. The van der Waals surface area contributed by atoms with Crippen molar-refractivity contribution in [2.75, 3.05) is 12.4 Å². The lowest BCUT2D eigenvalue weighted by Gasteiger charge is -2.30. The third-order valence-electron chi connectivity index (χ3n) is 7.99. The SMILES string of the molecule is Cc1cc(Oc2cc(Cl)ccc2CN(C)C(=O)C2CCC(n3cc(-c4cc(NC(=O)OC(C)(C)C)ccc4F)nn3)CC2)ccc1F. The number of carbonyl (C=O) groups is 2. The van der Waals surface area contributed by atoms with E-state index in [4.69, 9.17) is 21.1 Å². The zero-order valence-corrected chi connectivity index (χ0v) is 27.8. The standard InChI is InChI=1S/C35H38ClF2N5O4/c1-21-16-27(13-15-29(21)37)46-32-17-24(36)9-6-23(32)19-42(5)33(44)22-7-11-26(12-8-22)43-20-31(40-41-43)28-18-25(10-14-30(28)38)39-34(45)47-35(2,3)4/h6,9-10,13-18,20,22,26H,7-8,11-12,19H2,1-5H3,(H,39,45). The number of hydrogen-bond acceptors (Lipinski definition) is 6. The molecule has 4 aromatic rings. The number of amides is 2. The quantitative estimate of drug-likeness (QED) is 0.202. The second-order valence-corrected chi connectivity index (χ2v) is 13.3. The molecule has 1 N–H and O–H groups in total. The van der Waals surface area contributed by atoms with Crippen LogP contribution in [0.2, 0.25) is 5.02 Å². The van der Waals surface area contributed by atoms with Gasteiger partial charge < -0.3 is 14.4 Å². The van der Waals surface area contributed by atoms with Crippen LogP contribution in [0.5, 0.6) is 11.5 Å². The second-order valence-electron chi connectivity index (χ2n) is 12.9. The molecule has 5 rings (SSSR count). The van der Waals surface area contributed by atoms with Gasteiger partial charge in [-0.2, -0.15) is 0 Å². The smallest absolute Gasteiger partial charge is 0.412 e. The maximum atomic E-state index is 14.8. The van der Waals surface area contributed by atoms with Crippen LogP contribution < -0.4 is 10.1 Å². The number of aryl methyl sites for hydroxylation is 1. The van der Waals surface area contributed by atoms with Crippen LogP contribution in [0.15, 0.2) is 60.8 Å². The fourth-order valence-corrected chi connectivity index (χ4v) is 5.76. The average molecular weight is 666 g/mol. The lowest BCUT2D eigenvalue weighted by molar-refractivity contribution is -0.136. The molecule has 0 unspecified atom stereocenters. The first-order valence-electron chi connectivity index (χ1n) is 15.4. The molecule has 0 radical (unpaired) electrons. The molecule has 2 amide bonds. The minimum atomic E-state index is -0.671. The van der Waals surface area contributed by atoms with Gasteiger partial charge in [-0.15, -0.1) is 5.10 Å². The van der Waals surface area contributed by atoms with Crippen molar-refractivity contribution in [2.24, 2.45) is 5.92 Å². The van der Waals surface area contributed by atoms with Gasteiger partial charge in [-0.25, -0.2) is 18.3 Å². The number of aromatic nitrogens is 3. The number of anilines is 1. The number of nitrogens with zero attached hydrogens (tertiary/aromatic N) is 4. The summed E-state index contributed by atoms with van der Waals surface area (Å²) in [7, 11) is 1.76. The Balaban J connectivity index is 1.19. The fraction of sp³-hybridized carbons (Fsp3) is 0.371. The van der Waals surface area contributed by atoms with Gasteiger partial charge in [-0.05, 0) is 107 Å². The summed E-state index contributed by atoms with van der Waals surface area (Å²) in [6.45, 7) is 7.25. The summed E-state index contributed by atoms with van der Waals surface area (Å²) >= 11 is 6.24. The Morgan fingerprint density at radius 1 is 1.02 bits per heavy atom. The average Bonchev–Trinajstić information content (AvgIpc) is 3.50. The maximum Gasteiger partial charge on any atom is 0.412 e. The van der Waals surface area contributed by atoms with E-state index in [1.54, 1.807) is 74.8 Å². The van der Waals surface area contributed by atoms with Crippen molar-refractivity contribution < 1.29 is 27.8 Å². The summed E-state index contributed by atoms with van der Waals surface area (Å²) in [4.78, 5) is 27.4. The van der Waals surface area contributed by atoms with E-state index in [9.17, 15) is 18.4 Å². The molecule has 1 aromatic heterocycles. The molecule has 47 heavy (non-hydrogen) atoms. The molecule has 3 aromatic carbocycles. The molecular formula is C35H38ClF2N5O4. The molecule has 12 heteroatoms. The van der Waals surface area contributed by atoms with Crippen molar-refractivity contribution in [3.05, 3.63) is 88.6 Å². The molecule has 1 saturated carbocycles. The summed E-state index contributed by atoms with van der Waals surface area (Å²) in [5, 5.41) is 11.6. The van der Waals surface area contributed by atoms with E-state index >= 15 is 0 Å². The Labute approximate surface area is 277 Å². The van der Waals surface area contributed by atoms with Crippen molar-refractivity contribution in [2.45, 2.75) is 71.6 Å². The summed E-state index contributed by atoms with van der Waals surface area (Å²) in [6.07, 6.45) is 3.78. The molecular weight excluding hydrogens is 628 g/mol. The van der Waals surface area contributed by atoms with Gasteiger partial charge in [-0.1, -0.05) is 22.9 Å². The number of halogens is 3. The molecule has 248 valence electrons. The molecule has 9 nitrogen and oxygen atoms in total. The number of rotatable bonds is 8. The first-order valence-corrected chi connectivity index (χ1v) is 15.8. The van der Waals surface area contributed by atoms with Crippen molar-refractivity contribution in [1.29, 1.82) is 0 Å². The third-order valence-corrected chi connectivity index (χ3v) is 8.22. The van der Waals surface area contributed by atoms with Crippen LogP contribution in [0.4, 0.5) is 19.3 Å². The predicted molar refractivity (Wildman–Crippen MR) is 175 cm³/mol. The Morgan fingerprint density at radius 2 is 1.74 bits per heavy atom. The van der Waals surface area contributed by atoms with E-state index in [1.165, 1.54) is 24.3 Å². The topological polar surface area (TPSA) is 98.6 Å². The lowest BCUT2D eigenvalue weighted by atomic mass is 9.85. The van der Waals surface area contributed by atoms with Crippen molar-refractivity contribution >= 4 is 29.3 Å². The van der Waals surface area contributed by atoms with Crippen LogP contribution in [0.25, 0.3) is 11.3 Å². The molecule has 1 aliphatic carbocycles. The van der Waals surface area contributed by atoms with Gasteiger partial charge in [0.25, 0.3) is 0 Å². The van der Waals surface area contributed by atoms with Crippen LogP contribution in [-0.2, 0) is 16.1 Å². The number of benzene rings is 3. The van der Waals surface area contributed by atoms with Gasteiger partial charge in [-0.3, -0.25) is 10.1 Å². The molecule has 0 saturated heterocycles. The number of nitrogens with one attached hydrogen (secondary N) is 1. The predicted octanol–water partition coefficient (Wildman–Crippen LogP) is 8.71. The minimum absolute atomic E-state index is 0.00664. The Bertz CT molecular complexity index is 1770. The third kappa shape index (κ3) is 8.65. The molecule has 0 atom stereocenters. The maximum absolute atomic E-state index is 14.8. The van der Waals surface area contributed by atoms with E-state index in [2.05, 4.69) is 15.6 Å². The normalized spacial score (nSPS) is 16.4. The first kappa shape index (κ1) is 33.8. The van der Waals surface area contributed by atoms with Crippen LogP contribution >= 0.6 is 11.6 Å². The highest BCUT2D eigenvalue weighted by molar-refractivity contribution is 6.30. The zero-order chi connectivity index (χ0) is 33.9. The summed E-state index contributed by atoms with van der Waals surface area (Å²) < 4.78 is 41.6. The second kappa shape index (κ2) is 14.1. The van der Waals surface area contributed by atoms with Crippen LogP contribution in [0.1, 0.15) is 63.6 Å². The van der Waals surface area contributed by atoms with E-state index in [1.807, 2.05) is 6.07 Å². The highest BCUT2D eigenvalue weighted by Crippen LogP contribution is 2.35. The Morgan fingerprint density at radius 3 is 2.45 bits per heavy atom. The molecule has 0 bridgehead atoms. The lowest BCUT2D eigenvalue weighted by Crippen LogP contribution is -2.35. The van der Waals surface area contributed by atoms with E-state index < -0.39 is 17.5 Å². The van der Waals surface area contributed by atoms with Crippen molar-refractivity contribution in [3.8, 4) is 22.8 Å². The van der Waals surface area contributed by atoms with Gasteiger partial charge in [0.1, 0.15) is 34.4 Å². The van der Waals surface area contributed by atoms with Crippen molar-refractivity contribution in [1.82, 2.24) is 19.9 Å². The molecule has 1 fully saturated rings. The number of carbonyl (C=O) groups excluding carboxylic acids is 2. The monoisotopic (exact) mass is 665 g/mol. The van der Waals surface area contributed by atoms with Crippen molar-refractivity contribution in [3.63, 3.8) is 0 Å². The summed E-state index contributed by atoms with van der Waals surface area (Å²) in [6, 6.07) is 14.0. The minimum Gasteiger partial charge on any atom is -0.457 e. The van der Waals surface area contributed by atoms with E-state index in [-0.39, 0.29) is 29.2 Å². The van der Waals surface area contributed by atoms with Gasteiger partial charge >= 0.3 is 6.09 Å². The Kier molecular flexibility index (Phi) is 10.1. The molecule has 1 aliphatic rings. The van der Waals surface area contributed by atoms with E-state index in [0.717, 1.165) is 5.56 Å². The van der Waals surface area contributed by atoms with Gasteiger partial charge in [0.2, 0.25) is 5.91 Å². The van der Waals surface area contributed by atoms with Crippen LogP contribution in [0.3, 0.4) is 0 Å². The fourth-order valence-electron chi connectivity index (χ4n) is 5.59. The van der Waals surface area contributed by atoms with Gasteiger partial charge in [0.15, 0.2) is 0 Å². The highest BCUT2D eigenvalue weighted by Gasteiger charge is 2.30. The Hall–Kier alpha value is -4.51. The first-order chi connectivity index (χ1) is 22.3. The molecule has 0 spiro atoms. The largest absolute Gasteiger partial charge is 0.457 e. The zero-order valence-electron chi connectivity index (χ0n) is 27.0. The molecule has 1 heterocycles. The van der Waals surface area contributed by atoms with Crippen LogP contribution in [0, 0.1) is 24.5 Å². The van der Waals surface area contributed by atoms with Crippen LogP contribution in [-0.4, -0.2) is 44.5 Å². The highest BCUT2D eigenvalue weighted by atomic mass is 35.5. The molecule has 0 aliphatic heterocycles. The number of ether oxygens (including phenoxy) is 2. The van der Waals surface area contributed by atoms with E-state index in [0.29, 0.717) is 65.7 Å². The number of hydrogen-bond donors (Lipinski definition) is 1. The summed E-state index contributed by atoms with van der Waals surface area (Å²) in [5.74, 6) is 0.0224.